The number of pyridine rings is 2. The van der Waals surface area contributed by atoms with Crippen LogP contribution >= 0.6 is 0 Å². The molecule has 0 bridgehead atoms. The molecule has 0 amide bonds. The monoisotopic (exact) mass is 365 g/mol. The highest BCUT2D eigenvalue weighted by molar-refractivity contribution is 5.88. The molecule has 0 aliphatic heterocycles. The molecule has 26 heavy (non-hydrogen) atoms. The van der Waals surface area contributed by atoms with E-state index < -0.39 is 29.5 Å². The lowest BCUT2D eigenvalue weighted by Gasteiger charge is -2.16. The van der Waals surface area contributed by atoms with Gasteiger partial charge in [0.15, 0.2) is 0 Å². The number of aromatic carboxylic acids is 1. The van der Waals surface area contributed by atoms with Crippen LogP contribution < -0.4 is 0 Å². The summed E-state index contributed by atoms with van der Waals surface area (Å²) in [5.41, 5.74) is -0.892. The summed E-state index contributed by atoms with van der Waals surface area (Å²) < 4.78 is 41.2. The van der Waals surface area contributed by atoms with Crippen molar-refractivity contribution in [2.24, 2.45) is 0 Å². The second kappa shape index (κ2) is 6.41. The van der Waals surface area contributed by atoms with E-state index in [1.807, 2.05) is 0 Å². The predicted molar refractivity (Wildman–Crippen MR) is 84.8 cm³/mol. The molecular formula is C17H14F3N3O3. The number of alkyl halides is 3. The number of hydrogen-bond acceptors (Lipinski definition) is 4. The van der Waals surface area contributed by atoms with Crippen molar-refractivity contribution >= 4 is 11.6 Å². The Balaban J connectivity index is 2.18. The fourth-order valence-electron chi connectivity index (χ4n) is 2.82. The Morgan fingerprint density at radius 1 is 1.31 bits per heavy atom. The number of nitrogens with zero attached hydrogens (tertiary/aromatic N) is 3. The lowest BCUT2D eigenvalue weighted by molar-refractivity contribution is -0.139. The minimum absolute atomic E-state index is 0.0132. The summed E-state index contributed by atoms with van der Waals surface area (Å²) in [6.07, 6.45) is -3.38. The van der Waals surface area contributed by atoms with Crippen LogP contribution in [0.15, 0.2) is 36.7 Å². The topological polar surface area (TPSA) is 87.7 Å². The first kappa shape index (κ1) is 17.9. The van der Waals surface area contributed by atoms with Crippen LogP contribution in [0.2, 0.25) is 0 Å². The molecule has 3 aromatic rings. The van der Waals surface area contributed by atoms with Gasteiger partial charge in [0.2, 0.25) is 0 Å². The molecule has 0 saturated carbocycles. The summed E-state index contributed by atoms with van der Waals surface area (Å²) in [6, 6.07) is 4.63. The van der Waals surface area contributed by atoms with Gasteiger partial charge in [0.05, 0.1) is 22.5 Å². The van der Waals surface area contributed by atoms with Crippen molar-refractivity contribution in [3.05, 3.63) is 64.9 Å². The summed E-state index contributed by atoms with van der Waals surface area (Å²) in [6.45, 7) is 1.76. The van der Waals surface area contributed by atoms with Gasteiger partial charge in [-0.3, -0.25) is 4.98 Å². The number of aryl methyl sites for hydroxylation is 1. The van der Waals surface area contributed by atoms with Crippen molar-refractivity contribution in [2.75, 3.05) is 0 Å². The molecule has 0 fully saturated rings. The van der Waals surface area contributed by atoms with Gasteiger partial charge in [0.1, 0.15) is 11.8 Å². The molecular weight excluding hydrogens is 351 g/mol. The van der Waals surface area contributed by atoms with Crippen LogP contribution in [0.1, 0.15) is 46.0 Å². The number of imidazole rings is 1. The van der Waals surface area contributed by atoms with Crippen LogP contribution in [0, 0.1) is 0 Å². The number of carboxylic acid groups (broad SMARTS) is 1. The minimum atomic E-state index is -4.67. The molecule has 0 aromatic carbocycles. The Hall–Kier alpha value is -2.94. The summed E-state index contributed by atoms with van der Waals surface area (Å²) in [7, 11) is 0. The molecule has 2 N–H and O–H groups in total. The van der Waals surface area contributed by atoms with E-state index in [0.717, 1.165) is 18.3 Å². The largest absolute Gasteiger partial charge is 0.478 e. The number of halogens is 3. The quantitative estimate of drug-likeness (QED) is 0.742. The molecule has 6 nitrogen and oxygen atoms in total. The van der Waals surface area contributed by atoms with Gasteiger partial charge in [0, 0.05) is 18.1 Å². The zero-order valence-electron chi connectivity index (χ0n) is 13.5. The average Bonchev–Trinajstić information content (AvgIpc) is 2.97. The second-order valence-corrected chi connectivity index (χ2v) is 5.58. The number of carbonyl (C=O) groups is 1. The number of rotatable bonds is 4. The van der Waals surface area contributed by atoms with Gasteiger partial charge in [-0.05, 0) is 30.7 Å². The molecule has 1 unspecified atom stereocenters. The minimum Gasteiger partial charge on any atom is -0.478 e. The summed E-state index contributed by atoms with van der Waals surface area (Å²) in [5, 5.41) is 19.6. The summed E-state index contributed by atoms with van der Waals surface area (Å²) >= 11 is 0. The maximum Gasteiger partial charge on any atom is 0.418 e. The molecule has 9 heteroatoms. The van der Waals surface area contributed by atoms with Crippen LogP contribution in [-0.2, 0) is 12.6 Å². The maximum atomic E-state index is 13.2. The number of aliphatic hydroxyl groups excluding tert-OH is 1. The number of hydrogen-bond donors (Lipinski definition) is 2. The Labute approximate surface area is 145 Å². The van der Waals surface area contributed by atoms with Gasteiger partial charge in [-0.25, -0.2) is 9.78 Å². The number of fused-ring (bicyclic) bond motifs is 1. The van der Waals surface area contributed by atoms with Crippen molar-refractivity contribution in [1.82, 2.24) is 14.4 Å². The molecule has 0 aliphatic rings. The number of aromatic nitrogens is 3. The number of carboxylic acids is 1. The molecule has 0 radical (unpaired) electrons. The van der Waals surface area contributed by atoms with Gasteiger partial charge in [-0.15, -0.1) is 0 Å². The van der Waals surface area contributed by atoms with Crippen molar-refractivity contribution in [2.45, 2.75) is 25.6 Å². The first-order valence-electron chi connectivity index (χ1n) is 7.68. The van der Waals surface area contributed by atoms with Crippen molar-refractivity contribution in [1.29, 1.82) is 0 Å². The molecule has 3 heterocycles. The fraction of sp³-hybridized carbons (Fsp3) is 0.235. The Kier molecular flexibility index (Phi) is 4.41. The summed E-state index contributed by atoms with van der Waals surface area (Å²) in [5.74, 6) is -1.15. The van der Waals surface area contributed by atoms with E-state index in [-0.39, 0.29) is 16.9 Å². The highest BCUT2D eigenvalue weighted by Crippen LogP contribution is 2.36. The highest BCUT2D eigenvalue weighted by Gasteiger charge is 2.37. The SMILES string of the molecule is CCc1c(C(O)c2ncccc2C(F)(F)F)nc2cc(C(=O)O)ccn12. The zero-order valence-corrected chi connectivity index (χ0v) is 13.5. The summed E-state index contributed by atoms with van der Waals surface area (Å²) in [4.78, 5) is 19.0. The van der Waals surface area contributed by atoms with Gasteiger partial charge in [0.25, 0.3) is 0 Å². The first-order valence-corrected chi connectivity index (χ1v) is 7.68. The van der Waals surface area contributed by atoms with E-state index in [1.165, 1.54) is 18.3 Å². The molecule has 1 atom stereocenters. The Morgan fingerprint density at radius 2 is 2.04 bits per heavy atom. The second-order valence-electron chi connectivity index (χ2n) is 5.58. The highest BCUT2D eigenvalue weighted by atomic mass is 19.4. The van der Waals surface area contributed by atoms with Crippen molar-refractivity contribution in [3.63, 3.8) is 0 Å². The van der Waals surface area contributed by atoms with Gasteiger partial charge in [-0.2, -0.15) is 13.2 Å². The van der Waals surface area contributed by atoms with Crippen molar-refractivity contribution in [3.8, 4) is 0 Å². The third kappa shape index (κ3) is 3.01. The van der Waals surface area contributed by atoms with Crippen LogP contribution in [0.4, 0.5) is 13.2 Å². The lowest BCUT2D eigenvalue weighted by Crippen LogP contribution is -2.15. The van der Waals surface area contributed by atoms with Crippen LogP contribution in [0.25, 0.3) is 5.65 Å². The third-order valence-corrected chi connectivity index (χ3v) is 4.00. The van der Waals surface area contributed by atoms with Crippen LogP contribution in [0.3, 0.4) is 0 Å². The Morgan fingerprint density at radius 3 is 2.65 bits per heavy atom. The average molecular weight is 365 g/mol. The first-order chi connectivity index (χ1) is 12.2. The van der Waals surface area contributed by atoms with Crippen LogP contribution in [-0.4, -0.2) is 30.6 Å². The van der Waals surface area contributed by atoms with E-state index in [2.05, 4.69) is 9.97 Å². The molecule has 3 aromatic heterocycles. The standard InChI is InChI=1S/C17H14F3N3O3/c1-2-11-14(22-12-8-9(16(25)26)5-7-23(11)12)15(24)13-10(17(18,19)20)4-3-6-21-13/h3-8,15,24H,2H2,1H3,(H,25,26). The van der Waals surface area contributed by atoms with Gasteiger partial charge < -0.3 is 14.6 Å². The predicted octanol–water partition coefficient (Wildman–Crippen LogP) is 3.09. The molecule has 0 saturated heterocycles. The number of aliphatic hydroxyl groups is 1. The molecule has 136 valence electrons. The fourth-order valence-corrected chi connectivity index (χ4v) is 2.82. The third-order valence-electron chi connectivity index (χ3n) is 4.00. The van der Waals surface area contributed by atoms with Gasteiger partial charge >= 0.3 is 12.1 Å². The van der Waals surface area contributed by atoms with E-state index in [1.54, 1.807) is 11.3 Å². The lowest BCUT2D eigenvalue weighted by atomic mass is 10.0. The molecule has 0 aliphatic carbocycles. The Bertz CT molecular complexity index is 982. The maximum absolute atomic E-state index is 13.2. The van der Waals surface area contributed by atoms with E-state index in [4.69, 9.17) is 5.11 Å². The van der Waals surface area contributed by atoms with E-state index in [0.29, 0.717) is 12.1 Å². The normalized spacial score (nSPS) is 13.1. The van der Waals surface area contributed by atoms with E-state index >= 15 is 0 Å². The molecule has 0 spiro atoms. The zero-order chi connectivity index (χ0) is 19.1. The van der Waals surface area contributed by atoms with Crippen molar-refractivity contribution < 1.29 is 28.2 Å². The van der Waals surface area contributed by atoms with Gasteiger partial charge in [-0.1, -0.05) is 6.92 Å². The van der Waals surface area contributed by atoms with Crippen LogP contribution in [0.5, 0.6) is 0 Å². The smallest absolute Gasteiger partial charge is 0.418 e. The van der Waals surface area contributed by atoms with E-state index in [9.17, 15) is 23.1 Å². The molecule has 3 rings (SSSR count).